The zero-order valence-electron chi connectivity index (χ0n) is 14.1. The van der Waals surface area contributed by atoms with Gasteiger partial charge < -0.3 is 19.5 Å². The molecule has 1 atom stereocenters. The number of nitrogens with zero attached hydrogens (tertiary/aromatic N) is 3. The van der Waals surface area contributed by atoms with Gasteiger partial charge in [-0.2, -0.15) is 0 Å². The van der Waals surface area contributed by atoms with Crippen molar-refractivity contribution in [3.05, 3.63) is 18.7 Å². The first-order chi connectivity index (χ1) is 12.0. The molecule has 0 bridgehead atoms. The SMILES string of the molecule is O=C(NC1CCCC1)N1CC2(C1)CS(=O)(=O)[C@@H](Cn1ccnc1)CO2. The third kappa shape index (κ3) is 3.39. The average Bonchev–Trinajstić information content (AvgIpc) is 3.20. The molecule has 9 heteroatoms. The average molecular weight is 368 g/mol. The fourth-order valence-electron chi connectivity index (χ4n) is 4.01. The Kier molecular flexibility index (Phi) is 4.23. The fourth-order valence-corrected chi connectivity index (χ4v) is 5.92. The molecule has 0 aromatic carbocycles. The number of rotatable bonds is 3. The molecule has 4 rings (SSSR count). The molecule has 0 unspecified atom stereocenters. The van der Waals surface area contributed by atoms with Crippen molar-refractivity contribution in [2.45, 2.75) is 49.1 Å². The fraction of sp³-hybridized carbons (Fsp3) is 0.750. The predicted octanol–water partition coefficient (Wildman–Crippen LogP) is 0.403. The molecule has 3 fully saturated rings. The van der Waals surface area contributed by atoms with Crippen molar-refractivity contribution in [1.29, 1.82) is 0 Å². The number of urea groups is 1. The van der Waals surface area contributed by atoms with E-state index in [0.29, 0.717) is 19.6 Å². The number of amides is 2. The molecule has 0 radical (unpaired) electrons. The van der Waals surface area contributed by atoms with Crippen LogP contribution in [0.3, 0.4) is 0 Å². The van der Waals surface area contributed by atoms with Gasteiger partial charge in [-0.25, -0.2) is 18.2 Å². The van der Waals surface area contributed by atoms with Crippen LogP contribution >= 0.6 is 0 Å². The Bertz CT molecular complexity index is 721. The number of sulfone groups is 1. The van der Waals surface area contributed by atoms with Crippen LogP contribution in [0.4, 0.5) is 4.79 Å². The van der Waals surface area contributed by atoms with E-state index in [4.69, 9.17) is 4.74 Å². The number of imidazole rings is 1. The Hall–Kier alpha value is -1.61. The highest BCUT2D eigenvalue weighted by Crippen LogP contribution is 2.33. The summed E-state index contributed by atoms with van der Waals surface area (Å²) in [6.45, 7) is 1.22. The molecular formula is C16H24N4O4S. The second-order valence-corrected chi connectivity index (χ2v) is 9.75. The van der Waals surface area contributed by atoms with Crippen LogP contribution in [0.5, 0.6) is 0 Å². The third-order valence-electron chi connectivity index (χ3n) is 5.45. The summed E-state index contributed by atoms with van der Waals surface area (Å²) in [6.07, 6.45) is 9.38. The first-order valence-corrected chi connectivity index (χ1v) is 10.5. The summed E-state index contributed by atoms with van der Waals surface area (Å²) in [5.41, 5.74) is -0.725. The van der Waals surface area contributed by atoms with Crippen LogP contribution in [-0.4, -0.2) is 71.2 Å². The molecule has 2 aliphatic heterocycles. The molecule has 3 heterocycles. The summed E-state index contributed by atoms with van der Waals surface area (Å²) in [5, 5.41) is 2.47. The maximum Gasteiger partial charge on any atom is 0.317 e. The van der Waals surface area contributed by atoms with Crippen LogP contribution in [0.25, 0.3) is 0 Å². The molecule has 1 aliphatic carbocycles. The molecular weight excluding hydrogens is 344 g/mol. The lowest BCUT2D eigenvalue weighted by atomic mass is 9.96. The van der Waals surface area contributed by atoms with Gasteiger partial charge in [-0.05, 0) is 12.8 Å². The molecule has 2 amide bonds. The number of likely N-dealkylation sites (tertiary alicyclic amines) is 1. The van der Waals surface area contributed by atoms with Gasteiger partial charge in [-0.15, -0.1) is 0 Å². The lowest BCUT2D eigenvalue weighted by Gasteiger charge is -2.52. The zero-order chi connectivity index (χ0) is 17.5. The number of nitrogens with one attached hydrogen (secondary N) is 1. The molecule has 1 aromatic heterocycles. The van der Waals surface area contributed by atoms with Gasteiger partial charge >= 0.3 is 6.03 Å². The summed E-state index contributed by atoms with van der Waals surface area (Å²) in [6, 6.07) is 0.165. The topological polar surface area (TPSA) is 93.5 Å². The number of ether oxygens (including phenoxy) is 1. The Morgan fingerprint density at radius 1 is 1.32 bits per heavy atom. The smallest absolute Gasteiger partial charge is 0.317 e. The Morgan fingerprint density at radius 2 is 2.08 bits per heavy atom. The molecule has 8 nitrogen and oxygen atoms in total. The zero-order valence-corrected chi connectivity index (χ0v) is 15.0. The Balaban J connectivity index is 1.32. The van der Waals surface area contributed by atoms with Gasteiger partial charge in [0.25, 0.3) is 0 Å². The Morgan fingerprint density at radius 3 is 2.72 bits per heavy atom. The number of hydrogen-bond acceptors (Lipinski definition) is 5. The van der Waals surface area contributed by atoms with Crippen LogP contribution in [0.15, 0.2) is 18.7 Å². The lowest BCUT2D eigenvalue weighted by Crippen LogP contribution is -2.72. The first kappa shape index (κ1) is 16.8. The van der Waals surface area contributed by atoms with E-state index in [1.807, 2.05) is 0 Å². The lowest BCUT2D eigenvalue weighted by molar-refractivity contribution is -0.118. The maximum absolute atomic E-state index is 12.6. The summed E-state index contributed by atoms with van der Waals surface area (Å²) in [5.74, 6) is -0.0213. The highest BCUT2D eigenvalue weighted by atomic mass is 32.2. The highest BCUT2D eigenvalue weighted by molar-refractivity contribution is 7.92. The van der Waals surface area contributed by atoms with Crippen molar-refractivity contribution >= 4 is 15.9 Å². The molecule has 138 valence electrons. The van der Waals surface area contributed by atoms with Crippen molar-refractivity contribution in [3.63, 3.8) is 0 Å². The molecule has 1 aromatic rings. The molecule has 3 aliphatic rings. The van der Waals surface area contributed by atoms with Crippen LogP contribution in [0.1, 0.15) is 25.7 Å². The number of hydrogen-bond donors (Lipinski definition) is 1. The minimum absolute atomic E-state index is 0.0213. The number of aromatic nitrogens is 2. The second kappa shape index (κ2) is 6.28. The predicted molar refractivity (Wildman–Crippen MR) is 90.8 cm³/mol. The quantitative estimate of drug-likeness (QED) is 0.834. The van der Waals surface area contributed by atoms with Crippen molar-refractivity contribution in [2.75, 3.05) is 25.4 Å². The summed E-state index contributed by atoms with van der Waals surface area (Å²) in [7, 11) is -3.27. The van der Waals surface area contributed by atoms with Gasteiger partial charge in [-0.3, -0.25) is 0 Å². The highest BCUT2D eigenvalue weighted by Gasteiger charge is 2.54. The van der Waals surface area contributed by atoms with Gasteiger partial charge in [0.1, 0.15) is 10.9 Å². The summed E-state index contributed by atoms with van der Waals surface area (Å²) in [4.78, 5) is 17.8. The van der Waals surface area contributed by atoms with E-state index >= 15 is 0 Å². The van der Waals surface area contributed by atoms with E-state index < -0.39 is 20.7 Å². The van der Waals surface area contributed by atoms with Gasteiger partial charge in [0.05, 0.1) is 31.8 Å². The van der Waals surface area contributed by atoms with E-state index in [2.05, 4.69) is 10.3 Å². The van der Waals surface area contributed by atoms with Crippen molar-refractivity contribution < 1.29 is 17.9 Å². The van der Waals surface area contributed by atoms with Gasteiger partial charge in [0, 0.05) is 25.0 Å². The van der Waals surface area contributed by atoms with E-state index in [1.165, 1.54) is 0 Å². The van der Waals surface area contributed by atoms with Crippen LogP contribution < -0.4 is 5.32 Å². The minimum atomic E-state index is -3.27. The summed E-state index contributed by atoms with van der Waals surface area (Å²) >= 11 is 0. The summed E-state index contributed by atoms with van der Waals surface area (Å²) < 4.78 is 32.9. The number of carbonyl (C=O) groups excluding carboxylic acids is 1. The molecule has 1 N–H and O–H groups in total. The standard InChI is InChI=1S/C16H24N4O4S/c21-15(18-13-3-1-2-4-13)20-9-16(10-20)11-25(22,23)14(8-24-16)7-19-6-5-17-12-19/h5-6,12-14H,1-4,7-11H2,(H,18,21)/t14-/m0/s1. The van der Waals surface area contributed by atoms with Crippen LogP contribution in [0.2, 0.25) is 0 Å². The van der Waals surface area contributed by atoms with Crippen molar-refractivity contribution in [3.8, 4) is 0 Å². The maximum atomic E-state index is 12.6. The van der Waals surface area contributed by atoms with Gasteiger partial charge in [0.15, 0.2) is 9.84 Å². The normalized spacial score (nSPS) is 28.0. The van der Waals surface area contributed by atoms with Crippen LogP contribution in [0, 0.1) is 0 Å². The second-order valence-electron chi connectivity index (χ2n) is 7.47. The van der Waals surface area contributed by atoms with E-state index in [9.17, 15) is 13.2 Å². The van der Waals surface area contributed by atoms with Crippen molar-refractivity contribution in [2.24, 2.45) is 0 Å². The van der Waals surface area contributed by atoms with E-state index in [-0.39, 0.29) is 24.4 Å². The molecule has 25 heavy (non-hydrogen) atoms. The third-order valence-corrected chi connectivity index (χ3v) is 7.68. The molecule has 2 saturated heterocycles. The molecule has 1 saturated carbocycles. The van der Waals surface area contributed by atoms with E-state index in [1.54, 1.807) is 28.2 Å². The Labute approximate surface area is 147 Å². The van der Waals surface area contributed by atoms with E-state index in [0.717, 1.165) is 25.7 Å². The van der Waals surface area contributed by atoms with Gasteiger partial charge in [-0.1, -0.05) is 12.8 Å². The minimum Gasteiger partial charge on any atom is -0.369 e. The monoisotopic (exact) mass is 368 g/mol. The largest absolute Gasteiger partial charge is 0.369 e. The number of carbonyl (C=O) groups is 1. The first-order valence-electron chi connectivity index (χ1n) is 8.83. The van der Waals surface area contributed by atoms with Crippen LogP contribution in [-0.2, 0) is 21.1 Å². The van der Waals surface area contributed by atoms with Gasteiger partial charge in [0.2, 0.25) is 0 Å². The molecule has 1 spiro atoms. The van der Waals surface area contributed by atoms with Crippen molar-refractivity contribution in [1.82, 2.24) is 19.8 Å².